The lowest BCUT2D eigenvalue weighted by molar-refractivity contribution is -0.377. The minimum atomic E-state index is 1.62. The van der Waals surface area contributed by atoms with Crippen LogP contribution in [-0.4, -0.2) is 6.29 Å². The fourth-order valence-corrected chi connectivity index (χ4v) is 0.0786. The van der Waals surface area contributed by atoms with Crippen molar-refractivity contribution in [3.63, 3.8) is 0 Å². The third-order valence-corrected chi connectivity index (χ3v) is 0.314. The molecular formula is C3H3O+. The lowest BCUT2D eigenvalue weighted by Gasteiger charge is -1.59. The molecule has 0 aromatic heterocycles. The first-order valence-electron chi connectivity index (χ1n) is 1.14. The maximum absolute atomic E-state index is 4.42. The molecule has 0 fully saturated rings. The maximum atomic E-state index is 4.42. The number of hydrogen-bond acceptors (Lipinski definition) is 0. The van der Waals surface area contributed by atoms with E-state index in [0.717, 1.165) is 0 Å². The number of aldehydes is 1. The van der Waals surface area contributed by atoms with Gasteiger partial charge in [-0.15, -0.1) is 0 Å². The van der Waals surface area contributed by atoms with Gasteiger partial charge in [0.25, 0.3) is 0 Å². The summed E-state index contributed by atoms with van der Waals surface area (Å²) in [6.07, 6.45) is 5.08. The summed E-state index contributed by atoms with van der Waals surface area (Å²) < 4.78 is 4.42. The first kappa shape index (κ1) is 1.70. The van der Waals surface area contributed by atoms with E-state index in [-0.39, 0.29) is 0 Å². The smallest absolute Gasteiger partial charge is 0.224 e. The molecule has 1 nitrogen and oxygen atoms in total. The summed E-state index contributed by atoms with van der Waals surface area (Å²) in [4.78, 5) is 0. The largest absolute Gasteiger partial charge is 0.326 e. The summed E-state index contributed by atoms with van der Waals surface area (Å²) in [7, 11) is 0. The molecule has 4 heavy (non-hydrogen) atoms. The third-order valence-electron chi connectivity index (χ3n) is 0.314. The Bertz CT molecular complexity index is 43.7. The molecule has 0 amide bonds. The standard InChI is InChI=1S/C3H3O/c1-2-4-3-1/h1-3H/q+1. The van der Waals surface area contributed by atoms with Gasteiger partial charge in [-0.3, -0.25) is 0 Å². The van der Waals surface area contributed by atoms with Crippen LogP contribution in [0.4, 0.5) is 0 Å². The second kappa shape index (κ2) is 0.412. The highest BCUT2D eigenvalue weighted by Crippen LogP contribution is 1.70. The molecule has 0 N–H and O–H groups in total. The fraction of sp³-hybridized carbons (Fsp3) is 0. The van der Waals surface area contributed by atoms with Crippen LogP contribution in [-0.2, 0) is 4.42 Å². The van der Waals surface area contributed by atoms with Crippen molar-refractivity contribution in [2.75, 3.05) is 0 Å². The molecule has 0 aromatic rings. The zero-order chi connectivity index (χ0) is 2.83. The Balaban J connectivity index is 2.67. The molecule has 0 saturated heterocycles. The summed E-state index contributed by atoms with van der Waals surface area (Å²) in [6, 6.07) is 0. The lowest BCUT2D eigenvalue weighted by Crippen LogP contribution is -1.75. The van der Waals surface area contributed by atoms with Crippen molar-refractivity contribution in [1.82, 2.24) is 0 Å². The summed E-state index contributed by atoms with van der Waals surface area (Å²) in [5.41, 5.74) is 0. The van der Waals surface area contributed by atoms with Gasteiger partial charge in [0.15, 0.2) is 0 Å². The molecule has 0 saturated carbocycles. The Morgan fingerprint density at radius 3 is 1.75 bits per heavy atom. The van der Waals surface area contributed by atoms with Gasteiger partial charge in [0.2, 0.25) is 0 Å². The number of hydrogen-bond donors (Lipinski definition) is 0. The van der Waals surface area contributed by atoms with Crippen LogP contribution in [0, 0.1) is 0 Å². The van der Waals surface area contributed by atoms with E-state index >= 15 is 0 Å². The van der Waals surface area contributed by atoms with Crippen molar-refractivity contribution in [1.29, 1.82) is 0 Å². The Hall–Kier alpha value is -0.590. The van der Waals surface area contributed by atoms with Crippen LogP contribution in [0.5, 0.6) is 0 Å². The van der Waals surface area contributed by atoms with Gasteiger partial charge < -0.3 is 0 Å². The van der Waals surface area contributed by atoms with Crippen LogP contribution in [0.3, 0.4) is 0 Å². The topological polar surface area (TPSA) is 11.3 Å². The third kappa shape index (κ3) is 0.0204. The highest BCUT2D eigenvalue weighted by Gasteiger charge is 1.87. The van der Waals surface area contributed by atoms with Crippen molar-refractivity contribution < 1.29 is 4.42 Å². The van der Waals surface area contributed by atoms with Crippen LogP contribution in [0.25, 0.3) is 0 Å². The Morgan fingerprint density at radius 1 is 1.50 bits per heavy atom. The average Bonchev–Trinajstić information content (AvgIpc) is 0.722. The van der Waals surface area contributed by atoms with Crippen LogP contribution < -0.4 is 0 Å². The first-order valence-corrected chi connectivity index (χ1v) is 1.14. The number of carbonyl (C=O) groups excluding carboxylic acids is 1. The minimum Gasteiger partial charge on any atom is -0.224 e. The zero-order valence-electron chi connectivity index (χ0n) is 2.14. The number of rotatable bonds is 0. The fourth-order valence-electron chi connectivity index (χ4n) is 0.0786. The first-order chi connectivity index (χ1) is 2.00. The van der Waals surface area contributed by atoms with Crippen LogP contribution in [0.15, 0.2) is 12.3 Å². The molecule has 1 heteroatoms. The molecular weight excluding hydrogens is 52.0 g/mol. The molecule has 0 unspecified atom stereocenters. The minimum absolute atomic E-state index is 1.62. The molecule has 0 atom stereocenters. The van der Waals surface area contributed by atoms with E-state index in [2.05, 4.69) is 4.42 Å². The van der Waals surface area contributed by atoms with Crippen LogP contribution in [0.1, 0.15) is 0 Å². The normalized spacial score (nSPS) is 16.0. The Labute approximate surface area is 24.3 Å². The quantitative estimate of drug-likeness (QED) is 0.278. The van der Waals surface area contributed by atoms with E-state index in [9.17, 15) is 0 Å². The summed E-state index contributed by atoms with van der Waals surface area (Å²) >= 11 is 0. The predicted molar refractivity (Wildman–Crippen MR) is 15.2 cm³/mol. The Morgan fingerprint density at radius 2 is 1.75 bits per heavy atom. The monoisotopic (exact) mass is 55.0 g/mol. The van der Waals surface area contributed by atoms with E-state index in [4.69, 9.17) is 0 Å². The van der Waals surface area contributed by atoms with Gasteiger partial charge >= 0.3 is 12.5 Å². The summed E-state index contributed by atoms with van der Waals surface area (Å²) in [5.74, 6) is 0. The van der Waals surface area contributed by atoms with Crippen molar-refractivity contribution in [2.24, 2.45) is 0 Å². The lowest BCUT2D eigenvalue weighted by atomic mass is 10.7. The highest BCUT2D eigenvalue weighted by atomic mass is 16.4. The molecule has 0 bridgehead atoms. The average molecular weight is 55.1 g/mol. The van der Waals surface area contributed by atoms with E-state index in [1.807, 2.05) is 6.08 Å². The van der Waals surface area contributed by atoms with Gasteiger partial charge in [0.1, 0.15) is 6.08 Å². The van der Waals surface area contributed by atoms with Gasteiger partial charge in [-0.1, -0.05) is 0 Å². The SMILES string of the molecule is C1=C[O+]=C1. The highest BCUT2D eigenvalue weighted by molar-refractivity contribution is 5.67. The van der Waals surface area contributed by atoms with Gasteiger partial charge in [0, 0.05) is 0 Å². The van der Waals surface area contributed by atoms with Gasteiger partial charge in [-0.2, -0.15) is 0 Å². The predicted octanol–water partition coefficient (Wildman–Crippen LogP) is 0.248. The molecule has 1 aliphatic rings. The molecule has 0 aromatic carbocycles. The summed E-state index contributed by atoms with van der Waals surface area (Å²) in [5, 5.41) is 0. The van der Waals surface area contributed by atoms with E-state index in [0.29, 0.717) is 0 Å². The van der Waals surface area contributed by atoms with Crippen molar-refractivity contribution in [3.05, 3.63) is 12.3 Å². The van der Waals surface area contributed by atoms with E-state index < -0.39 is 0 Å². The second-order valence-corrected chi connectivity index (χ2v) is 0.601. The van der Waals surface area contributed by atoms with Crippen molar-refractivity contribution in [2.45, 2.75) is 0 Å². The Kier molecular flexibility index (Phi) is 0.175. The summed E-state index contributed by atoms with van der Waals surface area (Å²) in [6.45, 7) is 0. The van der Waals surface area contributed by atoms with E-state index in [1.165, 1.54) is 0 Å². The second-order valence-electron chi connectivity index (χ2n) is 0.601. The van der Waals surface area contributed by atoms with Gasteiger partial charge in [0.05, 0.1) is 0 Å². The number of allylic oxidation sites excluding steroid dienone is 1. The molecule has 1 heterocycles. The molecule has 20 valence electrons. The van der Waals surface area contributed by atoms with Crippen LogP contribution >= 0.6 is 0 Å². The van der Waals surface area contributed by atoms with Crippen molar-refractivity contribution in [3.8, 4) is 0 Å². The van der Waals surface area contributed by atoms with Gasteiger partial charge in [-0.25, -0.2) is 4.42 Å². The maximum Gasteiger partial charge on any atom is 0.326 e. The van der Waals surface area contributed by atoms with Crippen molar-refractivity contribution >= 4 is 6.29 Å². The molecule has 1 aliphatic heterocycles. The zero-order valence-corrected chi connectivity index (χ0v) is 2.14. The van der Waals surface area contributed by atoms with Crippen LogP contribution in [0.2, 0.25) is 0 Å². The van der Waals surface area contributed by atoms with Gasteiger partial charge in [-0.05, 0) is 0 Å². The molecule has 0 radical (unpaired) electrons. The molecule has 1 rings (SSSR count). The molecule has 0 aliphatic carbocycles. The van der Waals surface area contributed by atoms with E-state index in [1.54, 1.807) is 12.5 Å². The molecule has 0 spiro atoms.